The van der Waals surface area contributed by atoms with Gasteiger partial charge < -0.3 is 19.7 Å². The molecule has 0 bridgehead atoms. The first-order valence-corrected chi connectivity index (χ1v) is 15.7. The number of nitriles is 1. The summed E-state index contributed by atoms with van der Waals surface area (Å²) in [6.45, 7) is 11.9. The van der Waals surface area contributed by atoms with E-state index in [1.165, 1.54) is 17.0 Å². The number of halogens is 3. The maximum Gasteiger partial charge on any atom is 0.407 e. The molecule has 1 saturated carbocycles. The number of nitrogens with zero attached hydrogens (tertiary/aromatic N) is 3. The topological polar surface area (TPSA) is 122 Å². The van der Waals surface area contributed by atoms with Gasteiger partial charge in [0.15, 0.2) is 0 Å². The lowest BCUT2D eigenvalue weighted by atomic mass is 9.84. The predicted octanol–water partition coefficient (Wildman–Crippen LogP) is 6.58. The predicted molar refractivity (Wildman–Crippen MR) is 168 cm³/mol. The minimum Gasteiger partial charge on any atom is -0.465 e. The van der Waals surface area contributed by atoms with E-state index < -0.39 is 35.8 Å². The van der Waals surface area contributed by atoms with Gasteiger partial charge in [-0.25, -0.2) is 4.79 Å². The molecule has 1 aliphatic carbocycles. The molecule has 9 nitrogen and oxygen atoms in total. The van der Waals surface area contributed by atoms with Gasteiger partial charge in [-0.15, -0.1) is 0 Å². The van der Waals surface area contributed by atoms with Gasteiger partial charge in [-0.3, -0.25) is 15.0 Å². The summed E-state index contributed by atoms with van der Waals surface area (Å²) < 4.78 is 49.6. The van der Waals surface area contributed by atoms with Gasteiger partial charge in [-0.2, -0.15) is 18.4 Å². The van der Waals surface area contributed by atoms with Crippen molar-refractivity contribution < 1.29 is 32.3 Å². The number of fused-ring (bicyclic) bond motifs is 3. The van der Waals surface area contributed by atoms with Crippen LogP contribution in [0, 0.1) is 22.7 Å². The molecule has 46 heavy (non-hydrogen) atoms. The van der Waals surface area contributed by atoms with E-state index in [1.54, 1.807) is 6.07 Å². The van der Waals surface area contributed by atoms with E-state index in [0.29, 0.717) is 55.6 Å². The summed E-state index contributed by atoms with van der Waals surface area (Å²) in [5, 5.41) is 25.7. The molecule has 248 valence electrons. The molecular formula is C34H42F3N5O4. The molecule has 1 saturated heterocycles. The van der Waals surface area contributed by atoms with Crippen LogP contribution in [0.15, 0.2) is 40.8 Å². The summed E-state index contributed by atoms with van der Waals surface area (Å²) in [7, 11) is 0. The third-order valence-electron chi connectivity index (χ3n) is 9.05. The van der Waals surface area contributed by atoms with Crippen molar-refractivity contribution in [1.29, 1.82) is 5.26 Å². The number of furan rings is 1. The van der Waals surface area contributed by atoms with Gasteiger partial charge in [-0.05, 0) is 59.9 Å². The largest absolute Gasteiger partial charge is 0.465 e. The van der Waals surface area contributed by atoms with E-state index in [0.717, 1.165) is 10.9 Å². The Labute approximate surface area is 266 Å². The highest BCUT2D eigenvalue weighted by Gasteiger charge is 2.47. The molecule has 5 rings (SSSR count). The molecule has 1 aromatic heterocycles. The van der Waals surface area contributed by atoms with Gasteiger partial charge in [0, 0.05) is 37.0 Å². The van der Waals surface area contributed by atoms with Crippen molar-refractivity contribution in [3.05, 3.63) is 47.5 Å². The van der Waals surface area contributed by atoms with Crippen LogP contribution in [0.2, 0.25) is 0 Å². The highest BCUT2D eigenvalue weighted by Crippen LogP contribution is 2.38. The minimum absolute atomic E-state index is 0.0678. The van der Waals surface area contributed by atoms with E-state index in [-0.39, 0.29) is 29.4 Å². The Morgan fingerprint density at radius 2 is 1.80 bits per heavy atom. The van der Waals surface area contributed by atoms with Gasteiger partial charge in [0.05, 0.1) is 18.2 Å². The lowest BCUT2D eigenvalue weighted by molar-refractivity contribution is -0.161. The molecule has 2 heterocycles. The number of alkyl halides is 3. The first-order valence-electron chi connectivity index (χ1n) is 15.7. The van der Waals surface area contributed by atoms with Crippen molar-refractivity contribution in [1.82, 2.24) is 20.4 Å². The fourth-order valence-electron chi connectivity index (χ4n) is 6.35. The summed E-state index contributed by atoms with van der Waals surface area (Å²) in [5.74, 6) is -0.681. The standard InChI is InChI=1S/C34H42F3N5O4/c1-20(2)14-25(30(43)40-33(19-38)10-11-33)39-29(34(35,36)37)22-7-8-23-24-15-21(6-9-26(24)46-27(23)16-22)17-41-12-13-42(31(44)45)28(18-41)32(3,4)5/h6-9,15-16,20,25,28-29,39H,10-14,17-18H2,1-5H3,(H,40,43)(H,44,45)/t25-,28?,29-/m0/s1. The van der Waals surface area contributed by atoms with Crippen molar-refractivity contribution in [2.45, 2.75) is 90.3 Å². The molecule has 0 radical (unpaired) electrons. The van der Waals surface area contributed by atoms with Crippen LogP contribution in [0.25, 0.3) is 21.9 Å². The molecular weight excluding hydrogens is 599 g/mol. The number of carbonyl (C=O) groups excluding carboxylic acids is 1. The minimum atomic E-state index is -4.70. The van der Waals surface area contributed by atoms with Gasteiger partial charge in [-0.1, -0.05) is 52.8 Å². The molecule has 3 aromatic rings. The zero-order valence-electron chi connectivity index (χ0n) is 26.9. The first kappa shape index (κ1) is 33.5. The Kier molecular flexibility index (Phi) is 9.05. The number of nitrogens with one attached hydrogen (secondary N) is 2. The van der Waals surface area contributed by atoms with Crippen molar-refractivity contribution >= 4 is 33.9 Å². The third-order valence-corrected chi connectivity index (χ3v) is 9.05. The normalized spacial score (nSPS) is 20.1. The number of amides is 2. The molecule has 12 heteroatoms. The average Bonchev–Trinajstić information content (AvgIpc) is 3.65. The smallest absolute Gasteiger partial charge is 0.407 e. The fraction of sp³-hybridized carbons (Fsp3) is 0.559. The van der Waals surface area contributed by atoms with E-state index in [4.69, 9.17) is 4.42 Å². The second-order valence-corrected chi connectivity index (χ2v) is 14.3. The van der Waals surface area contributed by atoms with Crippen LogP contribution < -0.4 is 10.6 Å². The summed E-state index contributed by atoms with van der Waals surface area (Å²) in [6, 6.07) is 8.72. The molecule has 2 aromatic carbocycles. The van der Waals surface area contributed by atoms with Gasteiger partial charge in [0.2, 0.25) is 5.91 Å². The molecule has 3 N–H and O–H groups in total. The Morgan fingerprint density at radius 1 is 1.09 bits per heavy atom. The first-order chi connectivity index (χ1) is 21.5. The lowest BCUT2D eigenvalue weighted by Crippen LogP contribution is -2.59. The van der Waals surface area contributed by atoms with Gasteiger partial charge in [0.25, 0.3) is 0 Å². The van der Waals surface area contributed by atoms with Crippen molar-refractivity contribution in [3.8, 4) is 6.07 Å². The number of carbonyl (C=O) groups is 2. The number of hydrogen-bond acceptors (Lipinski definition) is 6. The van der Waals surface area contributed by atoms with E-state index in [1.807, 2.05) is 52.8 Å². The second-order valence-electron chi connectivity index (χ2n) is 14.3. The van der Waals surface area contributed by atoms with Crippen LogP contribution in [-0.4, -0.2) is 70.3 Å². The number of benzene rings is 2. The summed E-state index contributed by atoms with van der Waals surface area (Å²) in [4.78, 5) is 28.6. The van der Waals surface area contributed by atoms with Crippen LogP contribution in [0.1, 0.15) is 71.0 Å². The van der Waals surface area contributed by atoms with Crippen molar-refractivity contribution in [2.75, 3.05) is 19.6 Å². The van der Waals surface area contributed by atoms with Crippen LogP contribution in [0.3, 0.4) is 0 Å². The Morgan fingerprint density at radius 3 is 2.39 bits per heavy atom. The number of piperazine rings is 1. The molecule has 2 fully saturated rings. The van der Waals surface area contributed by atoms with Crippen LogP contribution in [0.5, 0.6) is 0 Å². The summed E-state index contributed by atoms with van der Waals surface area (Å²) in [5.41, 5.74) is 0.519. The van der Waals surface area contributed by atoms with Crippen molar-refractivity contribution in [2.24, 2.45) is 11.3 Å². The molecule has 1 aliphatic heterocycles. The molecule has 1 unspecified atom stereocenters. The Balaban J connectivity index is 1.39. The molecule has 3 atom stereocenters. The van der Waals surface area contributed by atoms with Crippen molar-refractivity contribution in [3.63, 3.8) is 0 Å². The SMILES string of the molecule is CC(C)C[C@H](N[C@@H](c1ccc2c(c1)oc1ccc(CN3CCN(C(=O)O)C(C(C)(C)C)C3)cc12)C(F)(F)F)C(=O)NC1(C#N)CC1. The molecule has 2 amide bonds. The van der Waals surface area contributed by atoms with E-state index >= 15 is 0 Å². The second kappa shape index (κ2) is 12.4. The molecule has 0 spiro atoms. The quantitative estimate of drug-likeness (QED) is 0.241. The number of carboxylic acid groups (broad SMARTS) is 1. The lowest BCUT2D eigenvalue weighted by Gasteiger charge is -2.46. The Bertz CT molecular complexity index is 1650. The Hall–Kier alpha value is -3.82. The van der Waals surface area contributed by atoms with E-state index in [9.17, 15) is 33.1 Å². The number of hydrogen-bond donors (Lipinski definition) is 3. The summed E-state index contributed by atoms with van der Waals surface area (Å²) >= 11 is 0. The van der Waals surface area contributed by atoms with Crippen LogP contribution in [0.4, 0.5) is 18.0 Å². The number of rotatable bonds is 9. The average molecular weight is 642 g/mol. The summed E-state index contributed by atoms with van der Waals surface area (Å²) in [6.07, 6.45) is -4.50. The highest BCUT2D eigenvalue weighted by molar-refractivity contribution is 6.05. The molecule has 2 aliphatic rings. The zero-order chi connectivity index (χ0) is 33.6. The maximum atomic E-state index is 14.5. The monoisotopic (exact) mass is 641 g/mol. The highest BCUT2D eigenvalue weighted by atomic mass is 19.4. The third kappa shape index (κ3) is 7.26. The maximum absolute atomic E-state index is 14.5. The van der Waals surface area contributed by atoms with Crippen LogP contribution >= 0.6 is 0 Å². The van der Waals surface area contributed by atoms with Gasteiger partial charge >= 0.3 is 12.3 Å². The van der Waals surface area contributed by atoms with Gasteiger partial charge in [0.1, 0.15) is 22.7 Å². The fourth-order valence-corrected chi connectivity index (χ4v) is 6.35. The zero-order valence-corrected chi connectivity index (χ0v) is 26.9. The van der Waals surface area contributed by atoms with E-state index in [2.05, 4.69) is 21.6 Å². The van der Waals surface area contributed by atoms with Crippen LogP contribution in [-0.2, 0) is 11.3 Å².